The van der Waals surface area contributed by atoms with Gasteiger partial charge >= 0.3 is 10.2 Å². The fourth-order valence-electron chi connectivity index (χ4n) is 2.06. The number of anilines is 1. The Kier molecular flexibility index (Phi) is 5.73. The Morgan fingerprint density at radius 1 is 1.13 bits per heavy atom. The molecule has 7 heteroatoms. The number of nitrogens with two attached hydrogens (primary N) is 1. The second-order valence-electron chi connectivity index (χ2n) is 5.22. The van der Waals surface area contributed by atoms with Crippen molar-refractivity contribution in [3.8, 4) is 0 Å². The lowest BCUT2D eigenvalue weighted by molar-refractivity contribution is 0.187. The Hall–Kier alpha value is -1.93. The molecule has 2 aromatic carbocycles. The zero-order valence-corrected chi connectivity index (χ0v) is 13.7. The highest BCUT2D eigenvalue weighted by Gasteiger charge is 2.18. The van der Waals surface area contributed by atoms with E-state index in [1.165, 1.54) is 11.4 Å². The summed E-state index contributed by atoms with van der Waals surface area (Å²) in [5.74, 6) is 0. The molecule has 2 aromatic rings. The van der Waals surface area contributed by atoms with Gasteiger partial charge in [-0.15, -0.1) is 0 Å². The molecule has 0 spiro atoms. The molecule has 0 amide bonds. The summed E-state index contributed by atoms with van der Waals surface area (Å²) in [7, 11) is -2.14. The maximum atomic E-state index is 12.3. The van der Waals surface area contributed by atoms with Crippen LogP contribution in [-0.4, -0.2) is 31.4 Å². The van der Waals surface area contributed by atoms with Gasteiger partial charge in [0.25, 0.3) is 0 Å². The summed E-state index contributed by atoms with van der Waals surface area (Å²) in [4.78, 5) is 0. The van der Waals surface area contributed by atoms with Crippen LogP contribution >= 0.6 is 0 Å². The maximum absolute atomic E-state index is 12.3. The van der Waals surface area contributed by atoms with Crippen molar-refractivity contribution < 1.29 is 13.5 Å². The SMILES string of the molecule is CN(Cc1ccccc1)S(=O)(=O)Nc1ccc(C(O)CN)cc1. The van der Waals surface area contributed by atoms with Crippen LogP contribution in [0.2, 0.25) is 0 Å². The lowest BCUT2D eigenvalue weighted by Crippen LogP contribution is -2.32. The van der Waals surface area contributed by atoms with E-state index in [-0.39, 0.29) is 13.1 Å². The van der Waals surface area contributed by atoms with Crippen LogP contribution in [0, 0.1) is 0 Å². The Labute approximate surface area is 136 Å². The summed E-state index contributed by atoms with van der Waals surface area (Å²) in [6.07, 6.45) is -0.749. The molecule has 0 saturated heterocycles. The van der Waals surface area contributed by atoms with E-state index >= 15 is 0 Å². The molecule has 0 bridgehead atoms. The minimum absolute atomic E-state index is 0.116. The predicted octanol–water partition coefficient (Wildman–Crippen LogP) is 1.47. The second kappa shape index (κ2) is 7.56. The van der Waals surface area contributed by atoms with Gasteiger partial charge in [0.1, 0.15) is 0 Å². The van der Waals surface area contributed by atoms with Crippen molar-refractivity contribution in [1.82, 2.24) is 4.31 Å². The van der Waals surface area contributed by atoms with E-state index in [0.717, 1.165) is 5.56 Å². The van der Waals surface area contributed by atoms with Gasteiger partial charge in [0.15, 0.2) is 0 Å². The van der Waals surface area contributed by atoms with E-state index in [2.05, 4.69) is 4.72 Å². The summed E-state index contributed by atoms with van der Waals surface area (Å²) < 4.78 is 28.4. The molecule has 124 valence electrons. The van der Waals surface area contributed by atoms with Crippen molar-refractivity contribution in [3.63, 3.8) is 0 Å². The normalized spacial score (nSPS) is 13.0. The average Bonchev–Trinajstić information content (AvgIpc) is 2.55. The van der Waals surface area contributed by atoms with Crippen molar-refractivity contribution >= 4 is 15.9 Å². The van der Waals surface area contributed by atoms with Crippen LogP contribution in [0.3, 0.4) is 0 Å². The summed E-state index contributed by atoms with van der Waals surface area (Å²) in [6.45, 7) is 0.394. The van der Waals surface area contributed by atoms with E-state index in [9.17, 15) is 13.5 Å². The predicted molar refractivity (Wildman–Crippen MR) is 90.9 cm³/mol. The fourth-order valence-corrected chi connectivity index (χ4v) is 2.97. The van der Waals surface area contributed by atoms with E-state index in [1.54, 1.807) is 24.3 Å². The molecule has 6 nitrogen and oxygen atoms in total. The first-order chi connectivity index (χ1) is 10.9. The zero-order chi connectivity index (χ0) is 16.9. The molecular weight excluding hydrogens is 314 g/mol. The van der Waals surface area contributed by atoms with E-state index < -0.39 is 16.3 Å². The largest absolute Gasteiger partial charge is 0.387 e. The first-order valence-electron chi connectivity index (χ1n) is 7.18. The highest BCUT2D eigenvalue weighted by molar-refractivity contribution is 7.90. The van der Waals surface area contributed by atoms with E-state index in [4.69, 9.17) is 5.73 Å². The summed E-state index contributed by atoms with van der Waals surface area (Å²) >= 11 is 0. The third-order valence-electron chi connectivity index (χ3n) is 3.42. The molecule has 0 fully saturated rings. The van der Waals surface area contributed by atoms with Crippen LogP contribution in [0.4, 0.5) is 5.69 Å². The van der Waals surface area contributed by atoms with Gasteiger partial charge in [0.2, 0.25) is 0 Å². The van der Waals surface area contributed by atoms with Crippen molar-refractivity contribution in [2.45, 2.75) is 12.6 Å². The van der Waals surface area contributed by atoms with Crippen molar-refractivity contribution in [3.05, 3.63) is 65.7 Å². The van der Waals surface area contributed by atoms with Crippen LogP contribution in [-0.2, 0) is 16.8 Å². The molecule has 0 radical (unpaired) electrons. The molecular formula is C16H21N3O3S. The number of nitrogens with one attached hydrogen (secondary N) is 1. The Morgan fingerprint density at radius 3 is 2.30 bits per heavy atom. The number of aliphatic hydroxyl groups is 1. The van der Waals surface area contributed by atoms with Crippen LogP contribution < -0.4 is 10.5 Å². The lowest BCUT2D eigenvalue weighted by Gasteiger charge is -2.18. The quantitative estimate of drug-likeness (QED) is 0.714. The molecule has 1 atom stereocenters. The molecule has 2 rings (SSSR count). The maximum Gasteiger partial charge on any atom is 0.301 e. The second-order valence-corrected chi connectivity index (χ2v) is 7.00. The minimum atomic E-state index is -3.65. The number of rotatable bonds is 7. The van der Waals surface area contributed by atoms with Crippen molar-refractivity contribution in [1.29, 1.82) is 0 Å². The van der Waals surface area contributed by atoms with Crippen LogP contribution in [0.5, 0.6) is 0 Å². The smallest absolute Gasteiger partial charge is 0.301 e. The average molecular weight is 335 g/mol. The molecule has 0 saturated carbocycles. The molecule has 0 aliphatic heterocycles. The molecule has 23 heavy (non-hydrogen) atoms. The van der Waals surface area contributed by atoms with Gasteiger partial charge in [-0.25, -0.2) is 0 Å². The first-order valence-corrected chi connectivity index (χ1v) is 8.62. The van der Waals surface area contributed by atoms with Gasteiger partial charge in [-0.2, -0.15) is 12.7 Å². The number of aliphatic hydroxyl groups excluding tert-OH is 1. The summed E-state index contributed by atoms with van der Waals surface area (Å²) in [6, 6.07) is 15.8. The topological polar surface area (TPSA) is 95.7 Å². The molecule has 0 aliphatic carbocycles. The van der Waals surface area contributed by atoms with Crippen LogP contribution in [0.1, 0.15) is 17.2 Å². The van der Waals surface area contributed by atoms with Gasteiger partial charge in [0, 0.05) is 25.8 Å². The standard InChI is InChI=1S/C16H21N3O3S/c1-19(12-13-5-3-2-4-6-13)23(21,22)18-15-9-7-14(8-10-15)16(20)11-17/h2-10,16,18,20H,11-12,17H2,1H3. The van der Waals surface area contributed by atoms with Crippen molar-refractivity contribution in [2.24, 2.45) is 5.73 Å². The van der Waals surface area contributed by atoms with Gasteiger partial charge in [0.05, 0.1) is 6.10 Å². The number of benzene rings is 2. The number of hydrogen-bond donors (Lipinski definition) is 3. The Bertz CT molecular complexity index is 718. The lowest BCUT2D eigenvalue weighted by atomic mass is 10.1. The monoisotopic (exact) mass is 335 g/mol. The molecule has 0 aliphatic rings. The first kappa shape index (κ1) is 17.4. The molecule has 4 N–H and O–H groups in total. The summed E-state index contributed by atoms with van der Waals surface area (Å²) in [5, 5.41) is 9.63. The van der Waals surface area contributed by atoms with E-state index in [1.807, 2.05) is 30.3 Å². The molecule has 1 unspecified atom stereocenters. The highest BCUT2D eigenvalue weighted by Crippen LogP contribution is 2.17. The third kappa shape index (κ3) is 4.77. The summed E-state index contributed by atoms with van der Waals surface area (Å²) in [5.41, 5.74) is 7.37. The fraction of sp³-hybridized carbons (Fsp3) is 0.250. The van der Waals surface area contributed by atoms with Crippen molar-refractivity contribution in [2.75, 3.05) is 18.3 Å². The molecule has 0 aromatic heterocycles. The number of nitrogens with zero attached hydrogens (tertiary/aromatic N) is 1. The number of hydrogen-bond acceptors (Lipinski definition) is 4. The Morgan fingerprint density at radius 2 is 1.74 bits per heavy atom. The molecule has 0 heterocycles. The van der Waals surface area contributed by atoms with Crippen LogP contribution in [0.25, 0.3) is 0 Å². The van der Waals surface area contributed by atoms with Gasteiger partial charge in [-0.05, 0) is 23.3 Å². The van der Waals surface area contributed by atoms with Gasteiger partial charge in [-0.3, -0.25) is 4.72 Å². The van der Waals surface area contributed by atoms with Gasteiger partial charge in [-0.1, -0.05) is 42.5 Å². The highest BCUT2D eigenvalue weighted by atomic mass is 32.2. The Balaban J connectivity index is 2.05. The minimum Gasteiger partial charge on any atom is -0.387 e. The zero-order valence-electron chi connectivity index (χ0n) is 12.9. The van der Waals surface area contributed by atoms with Gasteiger partial charge < -0.3 is 10.8 Å². The van der Waals surface area contributed by atoms with Crippen LogP contribution in [0.15, 0.2) is 54.6 Å². The van der Waals surface area contributed by atoms with E-state index in [0.29, 0.717) is 11.3 Å². The third-order valence-corrected chi connectivity index (χ3v) is 4.87.